The van der Waals surface area contributed by atoms with Crippen molar-refractivity contribution in [2.45, 2.75) is 25.7 Å². The smallest absolute Gasteiger partial charge is 0.273 e. The van der Waals surface area contributed by atoms with Crippen molar-refractivity contribution in [3.8, 4) is 0 Å². The van der Waals surface area contributed by atoms with E-state index in [0.717, 1.165) is 10.5 Å². The maximum absolute atomic E-state index is 11.9. The van der Waals surface area contributed by atoms with Crippen LogP contribution in [0.1, 0.15) is 29.8 Å². The standard InChI is InChI=1S/C13H19NO2S/c1-9(2)8-16-14-13(15)12-7-11(17-4)6-5-10(12)3/h5-7,9H,8H2,1-4H3,(H,14,15). The lowest BCUT2D eigenvalue weighted by Crippen LogP contribution is -2.26. The number of benzene rings is 1. The molecule has 0 aliphatic carbocycles. The Kier molecular flexibility index (Phi) is 5.51. The average molecular weight is 253 g/mol. The van der Waals surface area contributed by atoms with Crippen LogP contribution in [0.3, 0.4) is 0 Å². The number of thioether (sulfide) groups is 1. The molecule has 0 radical (unpaired) electrons. The third-order valence-electron chi connectivity index (χ3n) is 2.27. The van der Waals surface area contributed by atoms with Gasteiger partial charge in [-0.25, -0.2) is 5.48 Å². The Balaban J connectivity index is 2.67. The molecule has 4 heteroatoms. The van der Waals surface area contributed by atoms with E-state index in [0.29, 0.717) is 18.1 Å². The van der Waals surface area contributed by atoms with Crippen LogP contribution in [0.4, 0.5) is 0 Å². The summed E-state index contributed by atoms with van der Waals surface area (Å²) in [5.74, 6) is 0.216. The lowest BCUT2D eigenvalue weighted by Gasteiger charge is -2.10. The van der Waals surface area contributed by atoms with Crippen LogP contribution in [0, 0.1) is 12.8 Å². The molecule has 0 bridgehead atoms. The number of carbonyl (C=O) groups excluding carboxylic acids is 1. The number of hydrogen-bond acceptors (Lipinski definition) is 3. The maximum atomic E-state index is 11.9. The van der Waals surface area contributed by atoms with Crippen molar-refractivity contribution in [2.75, 3.05) is 12.9 Å². The summed E-state index contributed by atoms with van der Waals surface area (Å²) in [5.41, 5.74) is 4.09. The number of carbonyl (C=O) groups is 1. The zero-order chi connectivity index (χ0) is 12.8. The Bertz CT molecular complexity index is 391. The molecule has 0 aromatic heterocycles. The molecule has 1 rings (SSSR count). The highest BCUT2D eigenvalue weighted by molar-refractivity contribution is 7.98. The zero-order valence-corrected chi connectivity index (χ0v) is 11.6. The van der Waals surface area contributed by atoms with Crippen molar-refractivity contribution in [3.05, 3.63) is 29.3 Å². The Morgan fingerprint density at radius 2 is 2.18 bits per heavy atom. The summed E-state index contributed by atoms with van der Waals surface area (Å²) in [4.78, 5) is 18.1. The van der Waals surface area contributed by atoms with E-state index in [1.807, 2.05) is 45.2 Å². The van der Waals surface area contributed by atoms with E-state index in [2.05, 4.69) is 5.48 Å². The second-order valence-corrected chi connectivity index (χ2v) is 5.20. The fraction of sp³-hybridized carbons (Fsp3) is 0.462. The normalized spacial score (nSPS) is 10.6. The highest BCUT2D eigenvalue weighted by atomic mass is 32.2. The molecule has 0 atom stereocenters. The van der Waals surface area contributed by atoms with Gasteiger partial charge >= 0.3 is 0 Å². The van der Waals surface area contributed by atoms with Crippen LogP contribution in [-0.2, 0) is 4.84 Å². The minimum Gasteiger partial charge on any atom is -0.273 e. The van der Waals surface area contributed by atoms with Gasteiger partial charge in [-0.15, -0.1) is 11.8 Å². The van der Waals surface area contributed by atoms with Gasteiger partial charge < -0.3 is 0 Å². The summed E-state index contributed by atoms with van der Waals surface area (Å²) >= 11 is 1.62. The van der Waals surface area contributed by atoms with Crippen LogP contribution in [0.2, 0.25) is 0 Å². The first kappa shape index (κ1) is 14.1. The Morgan fingerprint density at radius 3 is 2.76 bits per heavy atom. The Morgan fingerprint density at radius 1 is 1.47 bits per heavy atom. The molecule has 1 aromatic carbocycles. The molecule has 1 N–H and O–H groups in total. The maximum Gasteiger partial charge on any atom is 0.275 e. The topological polar surface area (TPSA) is 38.3 Å². The summed E-state index contributed by atoms with van der Waals surface area (Å²) in [6.45, 7) is 6.51. The van der Waals surface area contributed by atoms with Crippen molar-refractivity contribution in [3.63, 3.8) is 0 Å². The molecule has 1 aromatic rings. The zero-order valence-electron chi connectivity index (χ0n) is 10.7. The van der Waals surface area contributed by atoms with E-state index in [-0.39, 0.29) is 5.91 Å². The van der Waals surface area contributed by atoms with Crippen LogP contribution in [0.15, 0.2) is 23.1 Å². The molecule has 3 nitrogen and oxygen atoms in total. The van der Waals surface area contributed by atoms with Gasteiger partial charge in [-0.2, -0.15) is 0 Å². The van der Waals surface area contributed by atoms with Gasteiger partial charge in [0.2, 0.25) is 0 Å². The lowest BCUT2D eigenvalue weighted by molar-refractivity contribution is 0.0208. The highest BCUT2D eigenvalue weighted by Gasteiger charge is 2.10. The number of amides is 1. The summed E-state index contributed by atoms with van der Waals surface area (Å²) in [5, 5.41) is 0. The van der Waals surface area contributed by atoms with Gasteiger partial charge in [0.05, 0.1) is 6.61 Å². The molecular weight excluding hydrogens is 234 g/mol. The Labute approximate surface area is 107 Å². The minimum absolute atomic E-state index is 0.181. The number of rotatable bonds is 5. The predicted octanol–water partition coefficient (Wildman–Crippen LogP) is 3.03. The van der Waals surface area contributed by atoms with E-state index >= 15 is 0 Å². The first-order valence-corrected chi connectivity index (χ1v) is 6.84. The number of hydroxylamine groups is 1. The van der Waals surface area contributed by atoms with Gasteiger partial charge in [-0.3, -0.25) is 9.63 Å². The largest absolute Gasteiger partial charge is 0.275 e. The molecule has 0 aliphatic rings. The lowest BCUT2D eigenvalue weighted by atomic mass is 10.1. The molecule has 0 fully saturated rings. The van der Waals surface area contributed by atoms with E-state index in [9.17, 15) is 4.79 Å². The van der Waals surface area contributed by atoms with Crippen molar-refractivity contribution >= 4 is 17.7 Å². The summed E-state index contributed by atoms with van der Waals surface area (Å²) in [6.07, 6.45) is 1.99. The van der Waals surface area contributed by atoms with Crippen molar-refractivity contribution in [2.24, 2.45) is 5.92 Å². The van der Waals surface area contributed by atoms with Gasteiger partial charge in [0.1, 0.15) is 0 Å². The molecule has 17 heavy (non-hydrogen) atoms. The quantitative estimate of drug-likeness (QED) is 0.647. The van der Waals surface area contributed by atoms with Crippen molar-refractivity contribution < 1.29 is 9.63 Å². The van der Waals surface area contributed by atoms with Crippen LogP contribution >= 0.6 is 11.8 Å². The van der Waals surface area contributed by atoms with Gasteiger partial charge in [-0.1, -0.05) is 19.9 Å². The van der Waals surface area contributed by atoms with Crippen LogP contribution in [0.25, 0.3) is 0 Å². The second kappa shape index (κ2) is 6.67. The fourth-order valence-corrected chi connectivity index (χ4v) is 1.74. The first-order valence-electron chi connectivity index (χ1n) is 5.61. The number of nitrogens with one attached hydrogen (secondary N) is 1. The Hall–Kier alpha value is -1.00. The van der Waals surface area contributed by atoms with E-state index in [1.54, 1.807) is 11.8 Å². The van der Waals surface area contributed by atoms with E-state index < -0.39 is 0 Å². The SMILES string of the molecule is CSc1ccc(C)c(C(=O)NOCC(C)C)c1. The molecular formula is C13H19NO2S. The molecule has 0 aliphatic heterocycles. The monoisotopic (exact) mass is 253 g/mol. The van der Waals surface area contributed by atoms with Crippen molar-refractivity contribution in [1.82, 2.24) is 5.48 Å². The summed E-state index contributed by atoms with van der Waals surface area (Å²) in [7, 11) is 0. The minimum atomic E-state index is -0.181. The van der Waals surface area contributed by atoms with Crippen LogP contribution in [0.5, 0.6) is 0 Å². The fourth-order valence-electron chi connectivity index (χ4n) is 1.30. The molecule has 0 unspecified atom stereocenters. The van der Waals surface area contributed by atoms with Gasteiger partial charge in [0.15, 0.2) is 0 Å². The summed E-state index contributed by atoms with van der Waals surface area (Å²) < 4.78 is 0. The summed E-state index contributed by atoms with van der Waals surface area (Å²) in [6, 6.07) is 5.84. The first-order chi connectivity index (χ1) is 8.04. The third-order valence-corrected chi connectivity index (χ3v) is 3.00. The average Bonchev–Trinajstić information content (AvgIpc) is 2.29. The van der Waals surface area contributed by atoms with Gasteiger partial charge in [0, 0.05) is 10.5 Å². The van der Waals surface area contributed by atoms with E-state index in [4.69, 9.17) is 4.84 Å². The molecule has 0 saturated carbocycles. The van der Waals surface area contributed by atoms with E-state index in [1.165, 1.54) is 0 Å². The third kappa shape index (κ3) is 4.40. The van der Waals surface area contributed by atoms with Gasteiger partial charge in [-0.05, 0) is 36.8 Å². The van der Waals surface area contributed by atoms with Crippen LogP contribution in [-0.4, -0.2) is 18.8 Å². The number of aryl methyl sites for hydroxylation is 1. The molecule has 1 amide bonds. The van der Waals surface area contributed by atoms with Crippen LogP contribution < -0.4 is 5.48 Å². The van der Waals surface area contributed by atoms with Gasteiger partial charge in [0.25, 0.3) is 5.91 Å². The number of hydrogen-bond donors (Lipinski definition) is 1. The molecule has 0 spiro atoms. The van der Waals surface area contributed by atoms with Crippen molar-refractivity contribution in [1.29, 1.82) is 0 Å². The molecule has 94 valence electrons. The highest BCUT2D eigenvalue weighted by Crippen LogP contribution is 2.18. The predicted molar refractivity (Wildman–Crippen MR) is 71.2 cm³/mol. The molecule has 0 saturated heterocycles. The molecule has 0 heterocycles. The second-order valence-electron chi connectivity index (χ2n) is 4.32.